The highest BCUT2D eigenvalue weighted by molar-refractivity contribution is 7.91. The SMILES string of the molecule is Cc1ccc(S(=O)(=O)CCC(=O)NCC(C)(C)N2CCOCC2)cc1. The molecule has 1 saturated heterocycles. The van der Waals surface area contributed by atoms with Gasteiger partial charge >= 0.3 is 0 Å². The zero-order chi connectivity index (χ0) is 18.5. The van der Waals surface area contributed by atoms with E-state index in [0.29, 0.717) is 19.8 Å². The summed E-state index contributed by atoms with van der Waals surface area (Å²) in [5.74, 6) is -0.420. The highest BCUT2D eigenvalue weighted by atomic mass is 32.2. The number of hydrogen-bond acceptors (Lipinski definition) is 5. The van der Waals surface area contributed by atoms with Crippen molar-refractivity contribution in [1.29, 1.82) is 0 Å². The Kier molecular flexibility index (Phi) is 6.59. The third-order valence-corrected chi connectivity index (χ3v) is 6.30. The maximum Gasteiger partial charge on any atom is 0.221 e. The van der Waals surface area contributed by atoms with Crippen LogP contribution in [-0.2, 0) is 19.4 Å². The molecule has 140 valence electrons. The molecule has 1 amide bonds. The maximum atomic E-state index is 12.3. The normalized spacial score (nSPS) is 16.6. The Bertz CT molecular complexity index is 678. The third-order valence-electron chi connectivity index (χ3n) is 4.56. The van der Waals surface area contributed by atoms with Crippen molar-refractivity contribution >= 4 is 15.7 Å². The van der Waals surface area contributed by atoms with Gasteiger partial charge in [0.05, 0.1) is 23.9 Å². The summed E-state index contributed by atoms with van der Waals surface area (Å²) in [5.41, 5.74) is 0.817. The molecule has 1 aliphatic heterocycles. The molecule has 1 N–H and O–H groups in total. The Morgan fingerprint density at radius 2 is 1.80 bits per heavy atom. The van der Waals surface area contributed by atoms with Crippen LogP contribution < -0.4 is 5.32 Å². The van der Waals surface area contributed by atoms with Crippen molar-refractivity contribution in [3.05, 3.63) is 29.8 Å². The van der Waals surface area contributed by atoms with Gasteiger partial charge in [-0.2, -0.15) is 0 Å². The molecule has 25 heavy (non-hydrogen) atoms. The molecule has 0 aliphatic carbocycles. The van der Waals surface area contributed by atoms with Gasteiger partial charge in [-0.3, -0.25) is 9.69 Å². The third kappa shape index (κ3) is 5.80. The average Bonchev–Trinajstić information content (AvgIpc) is 2.59. The lowest BCUT2D eigenvalue weighted by molar-refractivity contribution is -0.121. The van der Waals surface area contributed by atoms with Crippen molar-refractivity contribution in [2.75, 3.05) is 38.6 Å². The minimum atomic E-state index is -3.43. The van der Waals surface area contributed by atoms with Crippen molar-refractivity contribution in [2.24, 2.45) is 0 Å². The van der Waals surface area contributed by atoms with E-state index in [1.165, 1.54) is 0 Å². The number of aryl methyl sites for hydroxylation is 1. The molecule has 0 bridgehead atoms. The van der Waals surface area contributed by atoms with E-state index in [1.54, 1.807) is 24.3 Å². The average molecular weight is 368 g/mol. The lowest BCUT2D eigenvalue weighted by Crippen LogP contribution is -2.55. The number of nitrogens with one attached hydrogen (secondary N) is 1. The van der Waals surface area contributed by atoms with E-state index < -0.39 is 9.84 Å². The van der Waals surface area contributed by atoms with Crippen LogP contribution in [0.25, 0.3) is 0 Å². The number of benzene rings is 1. The van der Waals surface area contributed by atoms with Crippen LogP contribution in [0.5, 0.6) is 0 Å². The Balaban J connectivity index is 1.82. The molecule has 7 heteroatoms. The van der Waals surface area contributed by atoms with Gasteiger partial charge in [-0.25, -0.2) is 8.42 Å². The fourth-order valence-corrected chi connectivity index (χ4v) is 4.01. The van der Waals surface area contributed by atoms with Crippen LogP contribution in [0.2, 0.25) is 0 Å². The first-order valence-corrected chi connectivity index (χ1v) is 10.2. The van der Waals surface area contributed by atoms with E-state index in [-0.39, 0.29) is 28.5 Å². The molecule has 6 nitrogen and oxygen atoms in total. The predicted octanol–water partition coefficient (Wildman–Crippen LogP) is 1.39. The molecule has 1 aromatic rings. The summed E-state index contributed by atoms with van der Waals surface area (Å²) < 4.78 is 29.9. The summed E-state index contributed by atoms with van der Waals surface area (Å²) in [6.45, 7) is 9.60. The van der Waals surface area contributed by atoms with E-state index in [4.69, 9.17) is 4.74 Å². The summed E-state index contributed by atoms with van der Waals surface area (Å²) in [6, 6.07) is 6.70. The van der Waals surface area contributed by atoms with Crippen LogP contribution in [0, 0.1) is 6.92 Å². The van der Waals surface area contributed by atoms with Crippen LogP contribution in [0.15, 0.2) is 29.2 Å². The summed E-state index contributed by atoms with van der Waals surface area (Å²) in [7, 11) is -3.43. The number of ether oxygens (including phenoxy) is 1. The summed E-state index contributed by atoms with van der Waals surface area (Å²) in [4.78, 5) is 14.6. The van der Waals surface area contributed by atoms with E-state index in [2.05, 4.69) is 24.1 Å². The van der Waals surface area contributed by atoms with Gasteiger partial charge < -0.3 is 10.1 Å². The molecular formula is C18H28N2O4S. The largest absolute Gasteiger partial charge is 0.379 e. The molecule has 0 unspecified atom stereocenters. The van der Waals surface area contributed by atoms with Crippen LogP contribution in [0.3, 0.4) is 0 Å². The number of nitrogens with zero attached hydrogens (tertiary/aromatic N) is 1. The molecule has 1 fully saturated rings. The van der Waals surface area contributed by atoms with Gasteiger partial charge in [0, 0.05) is 31.6 Å². The van der Waals surface area contributed by atoms with Gasteiger partial charge in [-0.05, 0) is 32.9 Å². The molecular weight excluding hydrogens is 340 g/mol. The number of sulfone groups is 1. The second-order valence-corrected chi connectivity index (χ2v) is 9.18. The maximum absolute atomic E-state index is 12.3. The zero-order valence-corrected chi connectivity index (χ0v) is 16.1. The van der Waals surface area contributed by atoms with Crippen LogP contribution in [-0.4, -0.2) is 63.4 Å². The Morgan fingerprint density at radius 1 is 1.20 bits per heavy atom. The Hall–Kier alpha value is -1.44. The van der Waals surface area contributed by atoms with E-state index in [9.17, 15) is 13.2 Å². The molecule has 0 atom stereocenters. The summed E-state index contributed by atoms with van der Waals surface area (Å²) >= 11 is 0. The summed E-state index contributed by atoms with van der Waals surface area (Å²) in [5, 5.41) is 2.87. The van der Waals surface area contributed by atoms with Crippen molar-refractivity contribution in [1.82, 2.24) is 10.2 Å². The quantitative estimate of drug-likeness (QED) is 0.787. The van der Waals surface area contributed by atoms with Gasteiger partial charge in [0.15, 0.2) is 9.84 Å². The first kappa shape index (κ1) is 19.9. The van der Waals surface area contributed by atoms with Gasteiger partial charge in [-0.15, -0.1) is 0 Å². The number of hydrogen-bond donors (Lipinski definition) is 1. The molecule has 0 aromatic heterocycles. The second-order valence-electron chi connectivity index (χ2n) is 7.07. The minimum absolute atomic E-state index is 0.0323. The second kappa shape index (κ2) is 8.29. The van der Waals surface area contributed by atoms with Gasteiger partial charge in [0.1, 0.15) is 0 Å². The fourth-order valence-electron chi connectivity index (χ4n) is 2.77. The molecule has 0 spiro atoms. The molecule has 1 heterocycles. The van der Waals surface area contributed by atoms with Crippen molar-refractivity contribution in [2.45, 2.75) is 37.6 Å². The highest BCUT2D eigenvalue weighted by Crippen LogP contribution is 2.16. The molecule has 0 saturated carbocycles. The Morgan fingerprint density at radius 3 is 2.40 bits per heavy atom. The molecule has 0 radical (unpaired) electrons. The summed E-state index contributed by atoms with van der Waals surface area (Å²) in [6.07, 6.45) is -0.0323. The fraction of sp³-hybridized carbons (Fsp3) is 0.611. The number of rotatable bonds is 7. The van der Waals surface area contributed by atoms with Gasteiger partial charge in [0.2, 0.25) is 5.91 Å². The van der Waals surface area contributed by atoms with Crippen LogP contribution >= 0.6 is 0 Å². The first-order valence-electron chi connectivity index (χ1n) is 8.60. The highest BCUT2D eigenvalue weighted by Gasteiger charge is 2.28. The number of carbonyl (C=O) groups excluding carboxylic acids is 1. The van der Waals surface area contributed by atoms with Gasteiger partial charge in [-0.1, -0.05) is 17.7 Å². The minimum Gasteiger partial charge on any atom is -0.379 e. The molecule has 1 aliphatic rings. The lowest BCUT2D eigenvalue weighted by Gasteiger charge is -2.40. The van der Waals surface area contributed by atoms with Crippen LogP contribution in [0.4, 0.5) is 0 Å². The van der Waals surface area contributed by atoms with E-state index in [1.807, 2.05) is 6.92 Å². The number of morpholine rings is 1. The van der Waals surface area contributed by atoms with Crippen molar-refractivity contribution < 1.29 is 17.9 Å². The smallest absolute Gasteiger partial charge is 0.221 e. The van der Waals surface area contributed by atoms with Crippen LogP contribution in [0.1, 0.15) is 25.8 Å². The first-order chi connectivity index (χ1) is 11.7. The van der Waals surface area contributed by atoms with Crippen molar-refractivity contribution in [3.8, 4) is 0 Å². The van der Waals surface area contributed by atoms with Crippen molar-refractivity contribution in [3.63, 3.8) is 0 Å². The van der Waals surface area contributed by atoms with E-state index >= 15 is 0 Å². The predicted molar refractivity (Wildman–Crippen MR) is 97.3 cm³/mol. The lowest BCUT2D eigenvalue weighted by atomic mass is 10.0. The topological polar surface area (TPSA) is 75.7 Å². The Labute approximate surface area is 150 Å². The van der Waals surface area contributed by atoms with E-state index in [0.717, 1.165) is 18.7 Å². The number of amides is 1. The zero-order valence-electron chi connectivity index (χ0n) is 15.2. The molecule has 2 rings (SSSR count). The van der Waals surface area contributed by atoms with Gasteiger partial charge in [0.25, 0.3) is 0 Å². The number of carbonyl (C=O) groups is 1. The molecule has 1 aromatic carbocycles. The monoisotopic (exact) mass is 368 g/mol. The standard InChI is InChI=1S/C18H28N2O4S/c1-15-4-6-16(7-5-15)25(22,23)13-8-17(21)19-14-18(2,3)20-9-11-24-12-10-20/h4-7H,8-14H2,1-3H3,(H,19,21).